The average Bonchev–Trinajstić information content (AvgIpc) is 2.73. The molecule has 0 bridgehead atoms. The monoisotopic (exact) mass is 495 g/mol. The van der Waals surface area contributed by atoms with E-state index in [1.165, 1.54) is 13.3 Å². The van der Waals surface area contributed by atoms with Gasteiger partial charge in [-0.05, 0) is 58.6 Å². The highest BCUT2D eigenvalue weighted by atomic mass is 79.9. The Labute approximate surface area is 188 Å². The minimum atomic E-state index is -0.204. The number of rotatable bonds is 10. The lowest BCUT2D eigenvalue weighted by Crippen LogP contribution is -2.24. The lowest BCUT2D eigenvalue weighted by atomic mass is 10.1. The maximum atomic E-state index is 12.0. The van der Waals surface area contributed by atoms with Gasteiger partial charge in [0.25, 0.3) is 5.91 Å². The van der Waals surface area contributed by atoms with E-state index >= 15 is 0 Å². The number of carbonyl (C=O) groups excluding carboxylic acids is 2. The zero-order valence-corrected chi connectivity index (χ0v) is 18.8. The molecule has 0 unspecified atom stereocenters. The normalized spacial score (nSPS) is 10.8. The topological polar surface area (TPSA) is 100 Å². The highest BCUT2D eigenvalue weighted by Crippen LogP contribution is 2.34. The van der Waals surface area contributed by atoms with Crippen LogP contribution in [-0.2, 0) is 4.79 Å². The smallest absolute Gasteiger partial charge is 0.252 e. The van der Waals surface area contributed by atoms with Crippen molar-refractivity contribution in [2.24, 2.45) is 5.10 Å². The first kappa shape index (κ1) is 23.7. The number of aromatic hydroxyl groups is 1. The van der Waals surface area contributed by atoms with E-state index in [4.69, 9.17) is 16.3 Å². The Kier molecular flexibility index (Phi) is 9.63. The molecule has 2 rings (SSSR count). The number of nitrogens with zero attached hydrogens (tertiary/aromatic N) is 1. The number of amides is 2. The number of nitrogens with one attached hydrogen (secondary N) is 2. The lowest BCUT2D eigenvalue weighted by molar-refractivity contribution is -0.121. The van der Waals surface area contributed by atoms with Crippen molar-refractivity contribution in [2.75, 3.05) is 13.7 Å². The van der Waals surface area contributed by atoms with Crippen LogP contribution in [-0.4, -0.2) is 36.8 Å². The fourth-order valence-electron chi connectivity index (χ4n) is 2.59. The van der Waals surface area contributed by atoms with E-state index in [2.05, 4.69) is 31.8 Å². The maximum Gasteiger partial charge on any atom is 0.252 e. The molecule has 0 aliphatic rings. The minimum Gasteiger partial charge on any atom is -0.503 e. The molecule has 2 amide bonds. The van der Waals surface area contributed by atoms with Crippen molar-refractivity contribution in [3.63, 3.8) is 0 Å². The van der Waals surface area contributed by atoms with Gasteiger partial charge in [-0.3, -0.25) is 9.59 Å². The second-order valence-electron chi connectivity index (χ2n) is 6.39. The third-order valence-electron chi connectivity index (χ3n) is 4.16. The summed E-state index contributed by atoms with van der Waals surface area (Å²) in [6, 6.07) is 10.1. The van der Waals surface area contributed by atoms with Gasteiger partial charge in [0, 0.05) is 13.0 Å². The van der Waals surface area contributed by atoms with Gasteiger partial charge >= 0.3 is 0 Å². The number of hydrogen-bond donors (Lipinski definition) is 3. The number of ether oxygens (including phenoxy) is 1. The molecule has 0 spiro atoms. The molecule has 7 nitrogen and oxygen atoms in total. The number of hydrogen-bond acceptors (Lipinski definition) is 5. The molecule has 0 aliphatic carbocycles. The SMILES string of the molecule is COc1cc(/C=N/NC(=O)CCCCCNC(=O)c2ccccc2Cl)cc(Br)c1O. The van der Waals surface area contributed by atoms with Crippen molar-refractivity contribution in [3.8, 4) is 11.5 Å². The highest BCUT2D eigenvalue weighted by Gasteiger charge is 2.09. The third-order valence-corrected chi connectivity index (χ3v) is 5.09. The Balaban J connectivity index is 1.64. The lowest BCUT2D eigenvalue weighted by Gasteiger charge is -2.07. The molecular formula is C21H23BrClN3O4. The summed E-state index contributed by atoms with van der Waals surface area (Å²) in [6.45, 7) is 0.515. The van der Waals surface area contributed by atoms with Gasteiger partial charge in [-0.2, -0.15) is 5.10 Å². The number of phenols is 1. The van der Waals surface area contributed by atoms with Gasteiger partial charge in [0.1, 0.15) is 0 Å². The van der Waals surface area contributed by atoms with E-state index < -0.39 is 0 Å². The van der Waals surface area contributed by atoms with Gasteiger partial charge < -0.3 is 15.2 Å². The van der Waals surface area contributed by atoms with Crippen LogP contribution in [0.25, 0.3) is 0 Å². The van der Waals surface area contributed by atoms with Crippen molar-refractivity contribution in [2.45, 2.75) is 25.7 Å². The van der Waals surface area contributed by atoms with Crippen molar-refractivity contribution in [1.82, 2.24) is 10.7 Å². The predicted molar refractivity (Wildman–Crippen MR) is 120 cm³/mol. The second-order valence-corrected chi connectivity index (χ2v) is 7.65. The number of carbonyl (C=O) groups is 2. The van der Waals surface area contributed by atoms with Gasteiger partial charge in [-0.15, -0.1) is 0 Å². The molecular weight excluding hydrogens is 474 g/mol. The van der Waals surface area contributed by atoms with E-state index in [0.29, 0.717) is 45.8 Å². The van der Waals surface area contributed by atoms with Crippen molar-refractivity contribution >= 4 is 45.6 Å². The van der Waals surface area contributed by atoms with E-state index in [9.17, 15) is 14.7 Å². The summed E-state index contributed by atoms with van der Waals surface area (Å²) in [5, 5.41) is 16.9. The molecule has 0 saturated carbocycles. The fourth-order valence-corrected chi connectivity index (χ4v) is 3.27. The zero-order valence-electron chi connectivity index (χ0n) is 16.5. The minimum absolute atomic E-state index is 0.00161. The van der Waals surface area contributed by atoms with E-state index in [1.54, 1.807) is 36.4 Å². The van der Waals surface area contributed by atoms with Crippen LogP contribution in [0.1, 0.15) is 41.6 Å². The van der Waals surface area contributed by atoms with Gasteiger partial charge in [-0.1, -0.05) is 30.2 Å². The van der Waals surface area contributed by atoms with Crippen LogP contribution >= 0.6 is 27.5 Å². The summed E-state index contributed by atoms with van der Waals surface area (Å²) >= 11 is 9.22. The number of phenolic OH excluding ortho intramolecular Hbond substituents is 1. The first-order valence-electron chi connectivity index (χ1n) is 9.33. The van der Waals surface area contributed by atoms with Gasteiger partial charge in [0.2, 0.25) is 5.91 Å². The molecule has 9 heteroatoms. The Hall–Kier alpha value is -2.58. The number of unbranched alkanes of at least 4 members (excludes halogenated alkanes) is 2. The van der Waals surface area contributed by atoms with Gasteiger partial charge in [0.15, 0.2) is 11.5 Å². The van der Waals surface area contributed by atoms with Crippen LogP contribution in [0.5, 0.6) is 11.5 Å². The van der Waals surface area contributed by atoms with Crippen molar-refractivity contribution in [1.29, 1.82) is 0 Å². The fraction of sp³-hybridized carbons (Fsp3) is 0.286. The maximum absolute atomic E-state index is 12.0. The van der Waals surface area contributed by atoms with Crippen LogP contribution in [0, 0.1) is 0 Å². The van der Waals surface area contributed by atoms with Crippen LogP contribution in [0.4, 0.5) is 0 Å². The Morgan fingerprint density at radius 3 is 2.73 bits per heavy atom. The zero-order chi connectivity index (χ0) is 21.9. The standard InChI is InChI=1S/C21H23BrClN3O4/c1-30-18-12-14(11-16(22)20(18)28)13-25-26-19(27)9-3-2-6-10-24-21(29)15-7-4-5-8-17(15)23/h4-5,7-8,11-13,28H,2-3,6,9-10H2,1H3,(H,24,29)(H,26,27)/b25-13+. The Morgan fingerprint density at radius 2 is 2.00 bits per heavy atom. The second kappa shape index (κ2) is 12.2. The number of benzene rings is 2. The number of methoxy groups -OCH3 is 1. The molecule has 3 N–H and O–H groups in total. The molecule has 0 radical (unpaired) electrons. The molecule has 0 aliphatic heterocycles. The summed E-state index contributed by atoms with van der Waals surface area (Å²) < 4.78 is 5.53. The van der Waals surface area contributed by atoms with Crippen LogP contribution < -0.4 is 15.5 Å². The van der Waals surface area contributed by atoms with Crippen LogP contribution in [0.15, 0.2) is 46.0 Å². The van der Waals surface area contributed by atoms with Crippen molar-refractivity contribution < 1.29 is 19.4 Å². The summed E-state index contributed by atoms with van der Waals surface area (Å²) in [7, 11) is 1.45. The first-order valence-corrected chi connectivity index (χ1v) is 10.5. The molecule has 0 heterocycles. The van der Waals surface area contributed by atoms with Crippen LogP contribution in [0.2, 0.25) is 5.02 Å². The Morgan fingerprint density at radius 1 is 1.23 bits per heavy atom. The molecule has 0 saturated heterocycles. The van der Waals surface area contributed by atoms with E-state index in [-0.39, 0.29) is 17.6 Å². The summed E-state index contributed by atoms with van der Waals surface area (Å²) in [5.74, 6) is -0.0955. The van der Waals surface area contributed by atoms with Gasteiger partial charge in [-0.25, -0.2) is 5.43 Å². The largest absolute Gasteiger partial charge is 0.503 e. The van der Waals surface area contributed by atoms with Crippen LogP contribution in [0.3, 0.4) is 0 Å². The molecule has 2 aromatic rings. The quantitative estimate of drug-likeness (QED) is 0.260. The summed E-state index contributed by atoms with van der Waals surface area (Å²) in [4.78, 5) is 23.9. The van der Waals surface area contributed by atoms with Crippen molar-refractivity contribution in [3.05, 3.63) is 57.0 Å². The molecule has 0 atom stereocenters. The summed E-state index contributed by atoms with van der Waals surface area (Å²) in [5.41, 5.74) is 3.58. The Bertz CT molecular complexity index is 921. The van der Waals surface area contributed by atoms with E-state index in [1.807, 2.05) is 0 Å². The molecule has 0 aromatic heterocycles. The first-order chi connectivity index (χ1) is 14.4. The number of halogens is 2. The predicted octanol–water partition coefficient (Wildman–Crippen LogP) is 4.26. The average molecular weight is 497 g/mol. The molecule has 160 valence electrons. The molecule has 0 fully saturated rings. The molecule has 2 aromatic carbocycles. The van der Waals surface area contributed by atoms with E-state index in [0.717, 1.165) is 12.8 Å². The summed E-state index contributed by atoms with van der Waals surface area (Å²) in [6.07, 6.45) is 4.03. The third kappa shape index (κ3) is 7.35. The van der Waals surface area contributed by atoms with Gasteiger partial charge in [0.05, 0.1) is 28.4 Å². The number of hydrazone groups is 1. The molecule has 30 heavy (non-hydrogen) atoms. The highest BCUT2D eigenvalue weighted by molar-refractivity contribution is 9.10.